The van der Waals surface area contributed by atoms with Crippen molar-refractivity contribution in [1.82, 2.24) is 4.72 Å². The molecular formula is C20H23N3O4S. The molecule has 0 unspecified atom stereocenters. The second-order valence-corrected chi connectivity index (χ2v) is 8.77. The fourth-order valence-corrected chi connectivity index (χ4v) is 4.17. The molecule has 2 aromatic carbocycles. The fourth-order valence-electron chi connectivity index (χ4n) is 3.18. The van der Waals surface area contributed by atoms with Crippen LogP contribution >= 0.6 is 0 Å². The van der Waals surface area contributed by atoms with Crippen molar-refractivity contribution in [3.05, 3.63) is 53.6 Å². The van der Waals surface area contributed by atoms with Gasteiger partial charge in [0.05, 0.1) is 10.8 Å². The van der Waals surface area contributed by atoms with E-state index in [1.54, 1.807) is 24.0 Å². The van der Waals surface area contributed by atoms with Gasteiger partial charge >= 0.3 is 0 Å². The molecule has 2 aromatic rings. The maximum atomic E-state index is 12.7. The summed E-state index contributed by atoms with van der Waals surface area (Å²) < 4.78 is 26.5. The molecule has 0 aliphatic carbocycles. The maximum absolute atomic E-state index is 12.7. The molecule has 7 nitrogen and oxygen atoms in total. The number of anilines is 2. The lowest BCUT2D eigenvalue weighted by Gasteiger charge is -2.17. The molecule has 148 valence electrons. The van der Waals surface area contributed by atoms with Gasteiger partial charge in [0.1, 0.15) is 0 Å². The third-order valence-corrected chi connectivity index (χ3v) is 6.41. The number of rotatable bonds is 5. The van der Waals surface area contributed by atoms with Gasteiger partial charge in [0.25, 0.3) is 0 Å². The highest BCUT2D eigenvalue weighted by Gasteiger charge is 2.35. The molecule has 0 saturated carbocycles. The molecule has 2 amide bonds. The van der Waals surface area contributed by atoms with E-state index >= 15 is 0 Å². The van der Waals surface area contributed by atoms with Gasteiger partial charge in [-0.25, -0.2) is 13.1 Å². The average Bonchev–Trinajstić information content (AvgIpc) is 3.05. The van der Waals surface area contributed by atoms with Gasteiger partial charge in [-0.3, -0.25) is 9.59 Å². The first-order valence-corrected chi connectivity index (χ1v) is 10.4. The number of carbonyl (C=O) groups is 2. The second-order valence-electron chi connectivity index (χ2n) is 6.92. The van der Waals surface area contributed by atoms with Gasteiger partial charge in [-0.05, 0) is 50.7 Å². The lowest BCUT2D eigenvalue weighted by atomic mass is 10.1. The molecule has 1 fully saturated rings. The van der Waals surface area contributed by atoms with Crippen LogP contribution in [0.5, 0.6) is 0 Å². The van der Waals surface area contributed by atoms with Gasteiger partial charge < -0.3 is 10.2 Å². The minimum atomic E-state index is -3.63. The number of sulfonamides is 1. The lowest BCUT2D eigenvalue weighted by Crippen LogP contribution is -2.28. The summed E-state index contributed by atoms with van der Waals surface area (Å²) >= 11 is 0. The second kappa shape index (κ2) is 7.73. The molecule has 3 rings (SSSR count). The largest absolute Gasteiger partial charge is 0.326 e. The highest BCUT2D eigenvalue weighted by atomic mass is 32.2. The number of amides is 2. The topological polar surface area (TPSA) is 95.6 Å². The van der Waals surface area contributed by atoms with E-state index in [4.69, 9.17) is 0 Å². The normalized spacial score (nSPS) is 17.0. The first-order chi connectivity index (χ1) is 13.2. The molecule has 0 bridgehead atoms. The van der Waals surface area contributed by atoms with Crippen LogP contribution in [0.2, 0.25) is 0 Å². The highest BCUT2D eigenvalue weighted by Crippen LogP contribution is 2.27. The van der Waals surface area contributed by atoms with Crippen molar-refractivity contribution in [3.8, 4) is 0 Å². The van der Waals surface area contributed by atoms with E-state index in [1.807, 2.05) is 31.2 Å². The van der Waals surface area contributed by atoms with Crippen LogP contribution in [0, 0.1) is 19.8 Å². The van der Waals surface area contributed by atoms with Gasteiger partial charge in [0.15, 0.2) is 0 Å². The number of hydrogen-bond donors (Lipinski definition) is 2. The van der Waals surface area contributed by atoms with Gasteiger partial charge in [-0.1, -0.05) is 23.8 Å². The molecule has 2 N–H and O–H groups in total. The number of nitrogens with one attached hydrogen (secondary N) is 2. The Kier molecular flexibility index (Phi) is 5.53. The van der Waals surface area contributed by atoms with Crippen molar-refractivity contribution in [2.45, 2.75) is 25.2 Å². The summed E-state index contributed by atoms with van der Waals surface area (Å²) in [4.78, 5) is 26.7. The molecule has 1 aliphatic rings. The van der Waals surface area contributed by atoms with Crippen LogP contribution < -0.4 is 14.9 Å². The molecule has 28 heavy (non-hydrogen) atoms. The van der Waals surface area contributed by atoms with Crippen molar-refractivity contribution >= 4 is 33.2 Å². The van der Waals surface area contributed by atoms with Crippen molar-refractivity contribution in [3.63, 3.8) is 0 Å². The van der Waals surface area contributed by atoms with E-state index < -0.39 is 15.9 Å². The molecule has 0 radical (unpaired) electrons. The first-order valence-electron chi connectivity index (χ1n) is 8.93. The Morgan fingerprint density at radius 3 is 2.43 bits per heavy atom. The summed E-state index contributed by atoms with van der Waals surface area (Å²) in [6.07, 6.45) is 0.118. The predicted molar refractivity (Wildman–Crippen MR) is 108 cm³/mol. The molecule has 0 aromatic heterocycles. The number of nitrogens with zero attached hydrogens (tertiary/aromatic N) is 1. The monoisotopic (exact) mass is 401 g/mol. The summed E-state index contributed by atoms with van der Waals surface area (Å²) in [6, 6.07) is 12.3. The number of hydrogen-bond acceptors (Lipinski definition) is 4. The van der Waals surface area contributed by atoms with Crippen LogP contribution in [0.1, 0.15) is 17.5 Å². The summed E-state index contributed by atoms with van der Waals surface area (Å²) in [6.45, 7) is 3.95. The molecule has 1 atom stereocenters. The summed E-state index contributed by atoms with van der Waals surface area (Å²) in [7, 11) is -2.29. The van der Waals surface area contributed by atoms with Crippen LogP contribution in [0.15, 0.2) is 47.4 Å². The smallest absolute Gasteiger partial charge is 0.240 e. The lowest BCUT2D eigenvalue weighted by molar-refractivity contribution is -0.122. The molecule has 1 aliphatic heterocycles. The van der Waals surface area contributed by atoms with E-state index in [2.05, 4.69) is 10.0 Å². The Bertz CT molecular complexity index is 1020. The number of aryl methyl sites for hydroxylation is 2. The van der Waals surface area contributed by atoms with Crippen LogP contribution in [0.25, 0.3) is 0 Å². The molecule has 8 heteroatoms. The zero-order valence-electron chi connectivity index (χ0n) is 16.0. The molecule has 1 saturated heterocycles. The summed E-state index contributed by atoms with van der Waals surface area (Å²) in [5.41, 5.74) is 2.82. The van der Waals surface area contributed by atoms with Gasteiger partial charge in [-0.2, -0.15) is 0 Å². The van der Waals surface area contributed by atoms with Crippen molar-refractivity contribution in [1.29, 1.82) is 0 Å². The molecule has 0 spiro atoms. The van der Waals surface area contributed by atoms with Gasteiger partial charge in [-0.15, -0.1) is 0 Å². The fraction of sp³-hybridized carbons (Fsp3) is 0.300. The first kappa shape index (κ1) is 20.0. The van der Waals surface area contributed by atoms with Crippen LogP contribution in [-0.2, 0) is 19.6 Å². The van der Waals surface area contributed by atoms with E-state index in [0.717, 1.165) is 11.3 Å². The van der Waals surface area contributed by atoms with Crippen LogP contribution in [0.3, 0.4) is 0 Å². The maximum Gasteiger partial charge on any atom is 0.240 e. The van der Waals surface area contributed by atoms with Crippen molar-refractivity contribution in [2.75, 3.05) is 23.8 Å². The highest BCUT2D eigenvalue weighted by molar-refractivity contribution is 7.89. The van der Waals surface area contributed by atoms with E-state index in [9.17, 15) is 18.0 Å². The van der Waals surface area contributed by atoms with Gasteiger partial charge in [0, 0.05) is 24.3 Å². The third-order valence-electron chi connectivity index (χ3n) is 4.86. The minimum Gasteiger partial charge on any atom is -0.326 e. The third kappa shape index (κ3) is 4.07. The number of carbonyl (C=O) groups excluding carboxylic acids is 2. The minimum absolute atomic E-state index is 0.105. The molecular weight excluding hydrogens is 378 g/mol. The Morgan fingerprint density at radius 1 is 1.11 bits per heavy atom. The van der Waals surface area contributed by atoms with Crippen molar-refractivity contribution < 1.29 is 18.0 Å². The van der Waals surface area contributed by atoms with E-state index in [-0.39, 0.29) is 23.1 Å². The van der Waals surface area contributed by atoms with E-state index in [0.29, 0.717) is 17.8 Å². The SMILES string of the molecule is CNS(=O)(=O)c1cc(NC(=O)[C@H]2CC(=O)N(c3ccc(C)cc3)C2)ccc1C. The zero-order valence-corrected chi connectivity index (χ0v) is 16.8. The number of benzene rings is 2. The Balaban J connectivity index is 1.75. The average molecular weight is 401 g/mol. The summed E-state index contributed by atoms with van der Waals surface area (Å²) in [5, 5.41) is 2.74. The Morgan fingerprint density at radius 2 is 1.79 bits per heavy atom. The zero-order chi connectivity index (χ0) is 20.5. The standard InChI is InChI=1S/C20H23N3O4S/c1-13-4-8-17(9-5-13)23-12-15(10-19(23)24)20(25)22-16-7-6-14(2)18(11-16)28(26,27)21-3/h4-9,11,15,21H,10,12H2,1-3H3,(H,22,25)/t15-/m0/s1. The van der Waals surface area contributed by atoms with Crippen LogP contribution in [0.4, 0.5) is 11.4 Å². The summed E-state index contributed by atoms with van der Waals surface area (Å²) in [5.74, 6) is -0.912. The van der Waals surface area contributed by atoms with Crippen LogP contribution in [-0.4, -0.2) is 33.8 Å². The Labute approximate surface area is 164 Å². The Hall–Kier alpha value is -2.71. The predicted octanol–water partition coefficient (Wildman–Crippen LogP) is 2.20. The quantitative estimate of drug-likeness (QED) is 0.803. The van der Waals surface area contributed by atoms with E-state index in [1.165, 1.54) is 13.1 Å². The van der Waals surface area contributed by atoms with Gasteiger partial charge in [0.2, 0.25) is 21.8 Å². The van der Waals surface area contributed by atoms with Crippen molar-refractivity contribution in [2.24, 2.45) is 5.92 Å². The molecule has 1 heterocycles.